The van der Waals surface area contributed by atoms with E-state index in [9.17, 15) is 0 Å². The second kappa shape index (κ2) is 22.2. The maximum absolute atomic E-state index is 5.63. The molecule has 0 unspecified atom stereocenters. The number of fused-ring (bicyclic) bond motifs is 11. The van der Waals surface area contributed by atoms with Crippen LogP contribution in [-0.2, 0) is 0 Å². The van der Waals surface area contributed by atoms with Crippen LogP contribution in [0.25, 0.3) is 127 Å². The van der Waals surface area contributed by atoms with E-state index < -0.39 is 0 Å². The summed E-state index contributed by atoms with van der Waals surface area (Å²) in [6.07, 6.45) is 0. The van der Waals surface area contributed by atoms with Crippen LogP contribution in [0, 0.1) is 0 Å². The summed E-state index contributed by atoms with van der Waals surface area (Å²) in [5, 5.41) is 4.88. The summed E-state index contributed by atoms with van der Waals surface area (Å²) in [5.41, 5.74) is 22.8. The van der Waals surface area contributed by atoms with Crippen molar-refractivity contribution in [1.29, 1.82) is 0 Å². The normalized spacial score (nSPS) is 12.4. The van der Waals surface area contributed by atoms with E-state index in [1.807, 2.05) is 41.7 Å². The molecule has 13 aromatic carbocycles. The van der Waals surface area contributed by atoms with Crippen LogP contribution in [-0.4, -0.2) is 36.2 Å². The molecule has 17 aromatic rings. The number of benzene rings is 13. The van der Waals surface area contributed by atoms with Crippen molar-refractivity contribution in [2.24, 2.45) is 0 Å². The van der Waals surface area contributed by atoms with E-state index in [0.717, 1.165) is 101 Å². The Balaban J connectivity index is 0.826. The van der Waals surface area contributed by atoms with Crippen molar-refractivity contribution in [2.45, 2.75) is 0 Å². The van der Waals surface area contributed by atoms with E-state index in [-0.39, 0.29) is 6.71 Å². The Bertz CT molecular complexity index is 5790. The fourth-order valence-electron chi connectivity index (χ4n) is 14.6. The molecule has 95 heavy (non-hydrogen) atoms. The topological polar surface area (TPSA) is 75.9 Å². The number of para-hydroxylation sites is 5. The number of hydrogen-bond donors (Lipinski definition) is 0. The van der Waals surface area contributed by atoms with Crippen molar-refractivity contribution in [2.75, 3.05) is 9.80 Å². The highest BCUT2D eigenvalue weighted by Gasteiger charge is 2.44. The minimum Gasteiger partial charge on any atom is -0.311 e. The zero-order valence-corrected chi connectivity index (χ0v) is 52.0. The van der Waals surface area contributed by atoms with Gasteiger partial charge in [-0.1, -0.05) is 237 Å². The van der Waals surface area contributed by atoms with Crippen LogP contribution in [0.2, 0.25) is 0 Å². The third-order valence-corrected chi connectivity index (χ3v) is 20.1. The molecule has 19 rings (SSSR count). The maximum Gasteiger partial charge on any atom is 0.252 e. The molecule has 0 spiro atoms. The minimum absolute atomic E-state index is 0.0281. The molecule has 8 nitrogen and oxygen atoms in total. The van der Waals surface area contributed by atoms with Crippen LogP contribution in [0.4, 0.5) is 34.1 Å². The average molecular weight is 1230 g/mol. The molecule has 0 atom stereocenters. The lowest BCUT2D eigenvalue weighted by molar-refractivity contribution is 1.06. The molecule has 0 bridgehead atoms. The minimum atomic E-state index is -0.0281. The Hall–Kier alpha value is -12.4. The number of anilines is 6. The highest BCUT2D eigenvalue weighted by Crippen LogP contribution is 2.49. The fraction of sp³-hybridized carbons (Fsp3) is 0. The average Bonchev–Trinajstić information content (AvgIpc) is 0.835. The summed E-state index contributed by atoms with van der Waals surface area (Å²) < 4.78 is 4.91. The molecular formula is C85H53BN8S. The largest absolute Gasteiger partial charge is 0.311 e. The van der Waals surface area contributed by atoms with Gasteiger partial charge in [0.15, 0.2) is 23.3 Å². The fourth-order valence-corrected chi connectivity index (χ4v) is 15.9. The lowest BCUT2D eigenvalue weighted by Gasteiger charge is -2.45. The van der Waals surface area contributed by atoms with E-state index >= 15 is 0 Å². The number of thiophene rings is 1. The predicted octanol–water partition coefficient (Wildman–Crippen LogP) is 19.9. The van der Waals surface area contributed by atoms with Gasteiger partial charge in [0.2, 0.25) is 0 Å². The Kier molecular flexibility index (Phi) is 12.7. The summed E-state index contributed by atoms with van der Waals surface area (Å²) >= 11 is 1.85. The first-order chi connectivity index (χ1) is 47.1. The molecular weight excluding hydrogens is 1180 g/mol. The molecule has 0 N–H and O–H groups in total. The van der Waals surface area contributed by atoms with Gasteiger partial charge < -0.3 is 14.4 Å². The standard InChI is InChI=1S/C85H53BN8S/c1-6-24-55(25-7-1)69-53-70(56-26-8-2-9-27-56)88-84(87-69)59-46-49-72(94-71-38-20-16-35-65(71)78-75(94)50-48-64-63-34-17-23-41-77(63)95-81(64)78)66(52-59)85-90-82(57-28-10-3-11-29-57)89-83(91-85)58-44-42-54(43-45-58)62-47-51-76-79-80(62)93(61-32-14-5-15-33-61)74-40-22-19-37-68(74)86(79)67-36-18-21-39-73(67)92(76)60-30-12-4-13-31-60/h1-53H. The Morgan fingerprint density at radius 3 is 1.45 bits per heavy atom. The Labute approximate surface area is 552 Å². The number of rotatable bonds is 10. The number of hydrogen-bond acceptors (Lipinski definition) is 8. The molecule has 2 aliphatic rings. The smallest absolute Gasteiger partial charge is 0.252 e. The Morgan fingerprint density at radius 1 is 0.295 bits per heavy atom. The molecule has 6 heterocycles. The number of nitrogens with zero attached hydrogens (tertiary/aromatic N) is 8. The van der Waals surface area contributed by atoms with Crippen molar-refractivity contribution in [3.63, 3.8) is 0 Å². The van der Waals surface area contributed by atoms with Gasteiger partial charge in [0.25, 0.3) is 6.71 Å². The first-order valence-corrected chi connectivity index (χ1v) is 32.9. The van der Waals surface area contributed by atoms with E-state index in [1.54, 1.807) is 0 Å². The van der Waals surface area contributed by atoms with Gasteiger partial charge in [0.1, 0.15) is 0 Å². The van der Waals surface area contributed by atoms with Gasteiger partial charge in [0, 0.05) is 98.3 Å². The van der Waals surface area contributed by atoms with Crippen LogP contribution in [0.15, 0.2) is 322 Å². The van der Waals surface area contributed by atoms with Gasteiger partial charge in [-0.15, -0.1) is 11.3 Å². The molecule has 0 saturated carbocycles. The molecule has 10 heteroatoms. The van der Waals surface area contributed by atoms with Crippen molar-refractivity contribution in [3.8, 4) is 84.9 Å². The summed E-state index contributed by atoms with van der Waals surface area (Å²) in [7, 11) is 0. The monoisotopic (exact) mass is 1230 g/mol. The third-order valence-electron chi connectivity index (χ3n) is 18.9. The van der Waals surface area contributed by atoms with Gasteiger partial charge in [-0.05, 0) is 107 Å². The number of aromatic nitrogens is 6. The molecule has 0 fully saturated rings. The molecule has 4 aromatic heterocycles. The van der Waals surface area contributed by atoms with Crippen LogP contribution < -0.4 is 26.2 Å². The second-order valence-corrected chi connectivity index (χ2v) is 25.3. The zero-order chi connectivity index (χ0) is 62.5. The van der Waals surface area contributed by atoms with E-state index in [0.29, 0.717) is 23.3 Å². The summed E-state index contributed by atoms with van der Waals surface area (Å²) in [5.74, 6) is 2.19. The SMILES string of the molecule is c1ccc(-c2cc(-c3ccccc3)nc(-c3ccc(-n4c5ccccc5c5c6sc7ccccc7c6ccc54)c(-c4nc(-c5ccccc5)nc(-c5ccc(-c6ccc7c8c6N(c6ccccc6)c6ccccc6B8c6ccccc6N7c6ccccc6)cc5)n4)c3)n2)cc1. The molecule has 442 valence electrons. The van der Waals surface area contributed by atoms with Crippen LogP contribution >= 0.6 is 11.3 Å². The maximum atomic E-state index is 5.63. The van der Waals surface area contributed by atoms with Crippen molar-refractivity contribution >= 4 is 111 Å². The quantitative estimate of drug-likeness (QED) is 0.126. The molecule has 2 aliphatic heterocycles. The van der Waals surface area contributed by atoms with Gasteiger partial charge in [-0.3, -0.25) is 0 Å². The van der Waals surface area contributed by atoms with Gasteiger partial charge in [0.05, 0.1) is 33.8 Å². The van der Waals surface area contributed by atoms with E-state index in [2.05, 4.69) is 306 Å². The third kappa shape index (κ3) is 8.94. The molecule has 0 amide bonds. The van der Waals surface area contributed by atoms with Crippen molar-refractivity contribution in [1.82, 2.24) is 29.5 Å². The molecule has 0 saturated heterocycles. The summed E-state index contributed by atoms with van der Waals surface area (Å²) in [6, 6.07) is 115. The lowest BCUT2D eigenvalue weighted by atomic mass is 9.33. The van der Waals surface area contributed by atoms with E-state index in [4.69, 9.17) is 24.9 Å². The summed E-state index contributed by atoms with van der Waals surface area (Å²) in [4.78, 5) is 32.2. The van der Waals surface area contributed by atoms with Crippen molar-refractivity contribution in [3.05, 3.63) is 322 Å². The predicted molar refractivity (Wildman–Crippen MR) is 395 cm³/mol. The Morgan fingerprint density at radius 2 is 0.789 bits per heavy atom. The van der Waals surface area contributed by atoms with Crippen LogP contribution in [0.5, 0.6) is 0 Å². The van der Waals surface area contributed by atoms with Crippen molar-refractivity contribution < 1.29 is 0 Å². The molecule has 0 aliphatic carbocycles. The van der Waals surface area contributed by atoms with Crippen LogP contribution in [0.3, 0.4) is 0 Å². The first-order valence-electron chi connectivity index (χ1n) is 32.1. The molecule has 0 radical (unpaired) electrons. The highest BCUT2D eigenvalue weighted by atomic mass is 32.1. The first kappa shape index (κ1) is 54.4. The highest BCUT2D eigenvalue weighted by molar-refractivity contribution is 7.26. The summed E-state index contributed by atoms with van der Waals surface area (Å²) in [6.45, 7) is -0.0281. The second-order valence-electron chi connectivity index (χ2n) is 24.2. The van der Waals surface area contributed by atoms with Gasteiger partial charge >= 0.3 is 0 Å². The van der Waals surface area contributed by atoms with Crippen LogP contribution in [0.1, 0.15) is 0 Å². The zero-order valence-electron chi connectivity index (χ0n) is 51.2. The van der Waals surface area contributed by atoms with Gasteiger partial charge in [-0.2, -0.15) is 0 Å². The van der Waals surface area contributed by atoms with Gasteiger partial charge in [-0.25, -0.2) is 24.9 Å². The lowest BCUT2D eigenvalue weighted by Crippen LogP contribution is -2.61. The van der Waals surface area contributed by atoms with E-state index in [1.165, 1.54) is 53.0 Å².